The third-order valence-corrected chi connectivity index (χ3v) is 6.27. The molecule has 3 rings (SSSR count). The number of hydrogen-bond acceptors (Lipinski definition) is 4. The monoisotopic (exact) mass is 480 g/mol. The first-order valence-corrected chi connectivity index (χ1v) is 11.6. The van der Waals surface area contributed by atoms with Gasteiger partial charge in [0.15, 0.2) is 11.5 Å². The van der Waals surface area contributed by atoms with Gasteiger partial charge in [0.05, 0.1) is 11.1 Å². The first-order chi connectivity index (χ1) is 14.1. The van der Waals surface area contributed by atoms with E-state index >= 15 is 0 Å². The minimum absolute atomic E-state index is 0.393. The summed E-state index contributed by atoms with van der Waals surface area (Å²) in [5.74, 6) is 1.46. The molecule has 1 aliphatic heterocycles. The summed E-state index contributed by atoms with van der Waals surface area (Å²) < 4.78 is 12.8. The van der Waals surface area contributed by atoms with Crippen LogP contribution in [0.5, 0.6) is 11.5 Å². The van der Waals surface area contributed by atoms with Crippen molar-refractivity contribution in [1.29, 1.82) is 0 Å². The molecule has 0 aromatic heterocycles. The number of ether oxygens (including phenoxy) is 2. The number of hydrogen-bond donors (Lipinski definition) is 1. The molecule has 0 radical (unpaired) electrons. The van der Waals surface area contributed by atoms with Gasteiger partial charge >= 0.3 is 0 Å². The van der Waals surface area contributed by atoms with Crippen LogP contribution < -0.4 is 14.8 Å². The van der Waals surface area contributed by atoms with Crippen molar-refractivity contribution in [2.75, 3.05) is 26.2 Å². The fourth-order valence-electron chi connectivity index (χ4n) is 3.82. The summed E-state index contributed by atoms with van der Waals surface area (Å²) in [6.45, 7) is 9.37. The molecule has 0 unspecified atom stereocenters. The quantitative estimate of drug-likeness (QED) is 0.475. The summed E-state index contributed by atoms with van der Waals surface area (Å²) in [7, 11) is 0. The van der Waals surface area contributed by atoms with Gasteiger partial charge in [-0.05, 0) is 72.5 Å². The van der Waals surface area contributed by atoms with Gasteiger partial charge in [-0.25, -0.2) is 0 Å². The Labute approximate surface area is 187 Å². The number of likely N-dealkylation sites (tertiary alicyclic amines) is 1. The number of likely N-dealkylation sites (N-methyl/N-ethyl adjacent to an activating group) is 1. The molecule has 4 nitrogen and oxygen atoms in total. The zero-order valence-corrected chi connectivity index (χ0v) is 19.6. The molecule has 0 saturated carbocycles. The highest BCUT2D eigenvalue weighted by atomic mass is 79.9. The van der Waals surface area contributed by atoms with Crippen molar-refractivity contribution in [1.82, 2.24) is 10.2 Å². The molecule has 2 aromatic rings. The predicted molar refractivity (Wildman–Crippen MR) is 123 cm³/mol. The summed E-state index contributed by atoms with van der Waals surface area (Å²) in [6, 6.07) is 12.5. The van der Waals surface area contributed by atoms with Crippen LogP contribution >= 0.6 is 27.5 Å². The Kier molecular flexibility index (Phi) is 8.67. The highest BCUT2D eigenvalue weighted by molar-refractivity contribution is 9.10. The van der Waals surface area contributed by atoms with E-state index in [0.29, 0.717) is 30.0 Å². The molecule has 0 aliphatic carbocycles. The van der Waals surface area contributed by atoms with E-state index in [1.54, 1.807) is 0 Å². The van der Waals surface area contributed by atoms with E-state index in [-0.39, 0.29) is 0 Å². The molecule has 1 saturated heterocycles. The standard InChI is InChI=1S/C23H30BrClN2O2/c1-3-27-11-7-9-19(27)15-26-14-17-12-20(24)23(22(13-17)28-4-2)29-16-18-8-5-6-10-21(18)25/h5-6,8,10,12-13,19,26H,3-4,7,9,11,14-16H2,1-2H3/t19-/m1/s1. The molecule has 0 spiro atoms. The molecule has 0 bridgehead atoms. The lowest BCUT2D eigenvalue weighted by Gasteiger charge is -2.23. The minimum Gasteiger partial charge on any atom is -0.490 e. The predicted octanol–water partition coefficient (Wildman–Crippen LogP) is 5.65. The second kappa shape index (κ2) is 11.2. The number of halogens is 2. The van der Waals surface area contributed by atoms with Crippen molar-refractivity contribution in [2.45, 2.75) is 45.9 Å². The summed E-state index contributed by atoms with van der Waals surface area (Å²) in [6.07, 6.45) is 2.58. The lowest BCUT2D eigenvalue weighted by atomic mass is 10.1. The smallest absolute Gasteiger partial charge is 0.175 e. The largest absolute Gasteiger partial charge is 0.490 e. The summed E-state index contributed by atoms with van der Waals surface area (Å²) in [5.41, 5.74) is 2.12. The molecule has 29 heavy (non-hydrogen) atoms. The van der Waals surface area contributed by atoms with Gasteiger partial charge in [0.2, 0.25) is 0 Å². The summed E-state index contributed by atoms with van der Waals surface area (Å²) in [5, 5.41) is 4.32. The molecule has 0 amide bonds. The zero-order valence-electron chi connectivity index (χ0n) is 17.2. The van der Waals surface area contributed by atoms with E-state index in [1.165, 1.54) is 24.9 Å². The Morgan fingerprint density at radius 1 is 1.21 bits per heavy atom. The highest BCUT2D eigenvalue weighted by Gasteiger charge is 2.22. The van der Waals surface area contributed by atoms with Crippen LogP contribution in [0.4, 0.5) is 0 Å². The Balaban J connectivity index is 1.65. The van der Waals surface area contributed by atoms with Gasteiger partial charge in [-0.2, -0.15) is 0 Å². The summed E-state index contributed by atoms with van der Waals surface area (Å²) in [4.78, 5) is 2.56. The molecule has 1 atom stereocenters. The van der Waals surface area contributed by atoms with Crippen LogP contribution in [0.3, 0.4) is 0 Å². The van der Waals surface area contributed by atoms with Gasteiger partial charge < -0.3 is 14.8 Å². The van der Waals surface area contributed by atoms with E-state index in [2.05, 4.69) is 45.2 Å². The molecule has 1 heterocycles. The number of nitrogens with zero attached hydrogens (tertiary/aromatic N) is 1. The average Bonchev–Trinajstić information content (AvgIpc) is 3.16. The van der Waals surface area contributed by atoms with Crippen molar-refractivity contribution in [3.05, 3.63) is 57.0 Å². The fourth-order valence-corrected chi connectivity index (χ4v) is 4.61. The zero-order chi connectivity index (χ0) is 20.6. The molecule has 158 valence electrons. The fraction of sp³-hybridized carbons (Fsp3) is 0.478. The van der Waals surface area contributed by atoms with Crippen molar-refractivity contribution in [3.8, 4) is 11.5 Å². The van der Waals surface area contributed by atoms with Crippen LogP contribution in [0.25, 0.3) is 0 Å². The van der Waals surface area contributed by atoms with Crippen LogP contribution in [0.1, 0.15) is 37.8 Å². The number of nitrogens with one attached hydrogen (secondary N) is 1. The molecule has 1 N–H and O–H groups in total. The van der Waals surface area contributed by atoms with Gasteiger partial charge in [0.25, 0.3) is 0 Å². The molecule has 6 heteroatoms. The van der Waals surface area contributed by atoms with Crippen LogP contribution in [0.2, 0.25) is 5.02 Å². The van der Waals surface area contributed by atoms with E-state index in [1.807, 2.05) is 31.2 Å². The Bertz CT molecular complexity index is 802. The lowest BCUT2D eigenvalue weighted by molar-refractivity contribution is 0.259. The van der Waals surface area contributed by atoms with Gasteiger partial charge in [0, 0.05) is 29.7 Å². The van der Waals surface area contributed by atoms with E-state index in [9.17, 15) is 0 Å². The van der Waals surface area contributed by atoms with Crippen LogP contribution in [-0.2, 0) is 13.2 Å². The topological polar surface area (TPSA) is 33.7 Å². The van der Waals surface area contributed by atoms with Crippen LogP contribution in [0.15, 0.2) is 40.9 Å². The maximum Gasteiger partial charge on any atom is 0.175 e. The lowest BCUT2D eigenvalue weighted by Crippen LogP contribution is -2.37. The van der Waals surface area contributed by atoms with Crippen molar-refractivity contribution >= 4 is 27.5 Å². The van der Waals surface area contributed by atoms with E-state index in [0.717, 1.165) is 35.4 Å². The van der Waals surface area contributed by atoms with Gasteiger partial charge in [-0.3, -0.25) is 4.90 Å². The second-order valence-corrected chi connectivity index (χ2v) is 8.54. The molecule has 1 aliphatic rings. The normalized spacial score (nSPS) is 16.9. The first kappa shape index (κ1) is 22.4. The molecular formula is C23H30BrClN2O2. The maximum atomic E-state index is 6.25. The van der Waals surface area contributed by atoms with Crippen molar-refractivity contribution < 1.29 is 9.47 Å². The Morgan fingerprint density at radius 2 is 2.03 bits per heavy atom. The van der Waals surface area contributed by atoms with Gasteiger partial charge in [-0.1, -0.05) is 36.7 Å². The van der Waals surface area contributed by atoms with E-state index < -0.39 is 0 Å². The molecule has 1 fully saturated rings. The number of benzene rings is 2. The highest BCUT2D eigenvalue weighted by Crippen LogP contribution is 2.38. The Hall–Kier alpha value is -1.27. The first-order valence-electron chi connectivity index (χ1n) is 10.4. The van der Waals surface area contributed by atoms with Crippen molar-refractivity contribution in [2.24, 2.45) is 0 Å². The number of rotatable bonds is 10. The summed E-state index contributed by atoms with van der Waals surface area (Å²) >= 11 is 9.92. The van der Waals surface area contributed by atoms with Gasteiger partial charge in [-0.15, -0.1) is 0 Å². The third-order valence-electron chi connectivity index (χ3n) is 5.31. The van der Waals surface area contributed by atoms with Crippen molar-refractivity contribution in [3.63, 3.8) is 0 Å². The minimum atomic E-state index is 0.393. The molecule has 2 aromatic carbocycles. The van der Waals surface area contributed by atoms with E-state index in [4.69, 9.17) is 21.1 Å². The van der Waals surface area contributed by atoms with Gasteiger partial charge in [0.1, 0.15) is 6.61 Å². The third kappa shape index (κ3) is 6.11. The maximum absolute atomic E-state index is 6.25. The molecular weight excluding hydrogens is 452 g/mol. The average molecular weight is 482 g/mol. The van der Waals surface area contributed by atoms with Crippen LogP contribution in [-0.4, -0.2) is 37.2 Å². The Morgan fingerprint density at radius 3 is 2.79 bits per heavy atom. The van der Waals surface area contributed by atoms with Crippen LogP contribution in [0, 0.1) is 0 Å². The second-order valence-electron chi connectivity index (χ2n) is 7.27. The SMILES string of the molecule is CCOc1cc(CNC[C@H]2CCCN2CC)cc(Br)c1OCc1ccccc1Cl.